The molecule has 1 fully saturated rings. The summed E-state index contributed by atoms with van der Waals surface area (Å²) in [6.45, 7) is 3.04. The highest BCUT2D eigenvalue weighted by Gasteiger charge is 2.26. The molecule has 1 aromatic rings. The number of carbonyl (C=O) groups is 1. The van der Waals surface area contributed by atoms with Gasteiger partial charge in [0.1, 0.15) is 0 Å². The molecule has 0 heterocycles. The van der Waals surface area contributed by atoms with Crippen molar-refractivity contribution in [1.82, 2.24) is 5.32 Å². The highest BCUT2D eigenvalue weighted by atomic mass is 16.4. The lowest BCUT2D eigenvalue weighted by atomic mass is 9.86. The summed E-state index contributed by atoms with van der Waals surface area (Å²) < 4.78 is 0. The Morgan fingerprint density at radius 1 is 1.42 bits per heavy atom. The van der Waals surface area contributed by atoms with Gasteiger partial charge in [0, 0.05) is 6.04 Å². The van der Waals surface area contributed by atoms with Crippen molar-refractivity contribution >= 4 is 5.97 Å². The van der Waals surface area contributed by atoms with Gasteiger partial charge in [-0.1, -0.05) is 36.2 Å². The molecule has 3 nitrogen and oxygen atoms in total. The van der Waals surface area contributed by atoms with Crippen LogP contribution in [0.2, 0.25) is 0 Å². The average molecular weight is 261 g/mol. The van der Waals surface area contributed by atoms with Gasteiger partial charge < -0.3 is 10.4 Å². The lowest BCUT2D eigenvalue weighted by molar-refractivity contribution is -0.143. The molecular weight excluding hydrogens is 238 g/mol. The Morgan fingerprint density at radius 3 is 3.00 bits per heavy atom. The van der Waals surface area contributed by atoms with Crippen molar-refractivity contribution in [2.24, 2.45) is 5.92 Å². The van der Waals surface area contributed by atoms with Gasteiger partial charge in [-0.15, -0.1) is 0 Å². The van der Waals surface area contributed by atoms with Crippen LogP contribution in [-0.4, -0.2) is 23.7 Å². The summed E-state index contributed by atoms with van der Waals surface area (Å²) >= 11 is 0. The van der Waals surface area contributed by atoms with Crippen molar-refractivity contribution in [3.8, 4) is 0 Å². The van der Waals surface area contributed by atoms with E-state index in [2.05, 4.69) is 36.5 Å². The zero-order chi connectivity index (χ0) is 13.7. The van der Waals surface area contributed by atoms with Crippen LogP contribution >= 0.6 is 0 Å². The van der Waals surface area contributed by atoms with Crippen LogP contribution in [0.1, 0.15) is 36.8 Å². The van der Waals surface area contributed by atoms with Gasteiger partial charge in [0.15, 0.2) is 0 Å². The smallest absolute Gasteiger partial charge is 0.306 e. The molecule has 2 rings (SSSR count). The van der Waals surface area contributed by atoms with Crippen LogP contribution in [0.15, 0.2) is 24.3 Å². The second-order valence-electron chi connectivity index (χ2n) is 5.59. The van der Waals surface area contributed by atoms with Gasteiger partial charge in [0.2, 0.25) is 0 Å². The minimum absolute atomic E-state index is 0.148. The maximum Gasteiger partial charge on any atom is 0.306 e. The number of hydrogen-bond acceptors (Lipinski definition) is 2. The molecule has 104 valence electrons. The fourth-order valence-corrected chi connectivity index (χ4v) is 2.89. The molecule has 0 amide bonds. The first-order valence-corrected chi connectivity index (χ1v) is 7.17. The molecule has 0 aliphatic heterocycles. The van der Waals surface area contributed by atoms with Crippen molar-refractivity contribution in [3.63, 3.8) is 0 Å². The number of aliphatic carboxylic acids is 1. The first kappa shape index (κ1) is 14.1. The normalized spacial score (nSPS) is 23.2. The largest absolute Gasteiger partial charge is 0.481 e. The first-order chi connectivity index (χ1) is 9.15. The third-order valence-electron chi connectivity index (χ3n) is 3.95. The van der Waals surface area contributed by atoms with Gasteiger partial charge >= 0.3 is 5.97 Å². The molecule has 1 aliphatic rings. The fraction of sp³-hybridized carbons (Fsp3) is 0.562. The summed E-state index contributed by atoms with van der Waals surface area (Å²) in [7, 11) is 0. The number of aryl methyl sites for hydroxylation is 1. The number of rotatable bonds is 5. The van der Waals surface area contributed by atoms with Crippen LogP contribution in [0.5, 0.6) is 0 Å². The predicted octanol–water partition coefficient (Wildman–Crippen LogP) is 2.77. The summed E-state index contributed by atoms with van der Waals surface area (Å²) in [6.07, 6.45) is 4.77. The van der Waals surface area contributed by atoms with Gasteiger partial charge in [-0.2, -0.15) is 0 Å². The number of carboxylic acid groups (broad SMARTS) is 1. The Hall–Kier alpha value is -1.35. The van der Waals surface area contributed by atoms with Crippen LogP contribution in [-0.2, 0) is 11.2 Å². The highest BCUT2D eigenvalue weighted by Crippen LogP contribution is 2.24. The zero-order valence-corrected chi connectivity index (χ0v) is 11.6. The number of hydrogen-bond donors (Lipinski definition) is 2. The van der Waals surface area contributed by atoms with Crippen LogP contribution < -0.4 is 5.32 Å². The first-order valence-electron chi connectivity index (χ1n) is 7.17. The number of carboxylic acids is 1. The quantitative estimate of drug-likeness (QED) is 0.857. The molecule has 19 heavy (non-hydrogen) atoms. The van der Waals surface area contributed by atoms with E-state index in [0.717, 1.165) is 38.6 Å². The Kier molecular flexibility index (Phi) is 4.97. The van der Waals surface area contributed by atoms with E-state index < -0.39 is 5.97 Å². The van der Waals surface area contributed by atoms with Crippen molar-refractivity contribution in [3.05, 3.63) is 35.4 Å². The van der Waals surface area contributed by atoms with Crippen molar-refractivity contribution in [2.45, 2.75) is 45.1 Å². The van der Waals surface area contributed by atoms with E-state index in [-0.39, 0.29) is 5.92 Å². The molecule has 2 atom stereocenters. The average Bonchev–Trinajstić information content (AvgIpc) is 2.39. The topological polar surface area (TPSA) is 49.3 Å². The Labute approximate surface area is 115 Å². The Balaban J connectivity index is 1.75. The summed E-state index contributed by atoms with van der Waals surface area (Å²) in [6, 6.07) is 8.93. The van der Waals surface area contributed by atoms with E-state index in [1.54, 1.807) is 0 Å². The van der Waals surface area contributed by atoms with Crippen molar-refractivity contribution < 1.29 is 9.90 Å². The molecule has 1 aliphatic carbocycles. The van der Waals surface area contributed by atoms with E-state index in [0.29, 0.717) is 6.04 Å². The predicted molar refractivity (Wildman–Crippen MR) is 76.3 cm³/mol. The molecule has 1 saturated carbocycles. The second kappa shape index (κ2) is 6.71. The molecule has 2 unspecified atom stereocenters. The van der Waals surface area contributed by atoms with E-state index in [9.17, 15) is 4.79 Å². The van der Waals surface area contributed by atoms with Crippen LogP contribution in [0, 0.1) is 12.8 Å². The van der Waals surface area contributed by atoms with Crippen molar-refractivity contribution in [1.29, 1.82) is 0 Å². The fourth-order valence-electron chi connectivity index (χ4n) is 2.89. The Bertz CT molecular complexity index is 431. The van der Waals surface area contributed by atoms with Crippen LogP contribution in [0.3, 0.4) is 0 Å². The standard InChI is InChI=1S/C16H23NO2/c1-12-4-2-5-13(10-12)8-9-17-15-7-3-6-14(11-15)16(18)19/h2,4-5,10,14-15,17H,3,6-9,11H2,1H3,(H,18,19). The third-order valence-corrected chi connectivity index (χ3v) is 3.95. The summed E-state index contributed by atoms with van der Waals surface area (Å²) in [4.78, 5) is 11.0. The second-order valence-corrected chi connectivity index (χ2v) is 5.59. The minimum atomic E-state index is -0.634. The van der Waals surface area contributed by atoms with Gasteiger partial charge in [-0.25, -0.2) is 0 Å². The van der Waals surface area contributed by atoms with E-state index >= 15 is 0 Å². The summed E-state index contributed by atoms with van der Waals surface area (Å²) in [5.74, 6) is -0.782. The van der Waals surface area contributed by atoms with Crippen LogP contribution in [0.4, 0.5) is 0 Å². The molecule has 3 heteroatoms. The minimum Gasteiger partial charge on any atom is -0.481 e. The molecule has 0 radical (unpaired) electrons. The molecule has 0 saturated heterocycles. The van der Waals surface area contributed by atoms with Gasteiger partial charge in [-0.3, -0.25) is 4.79 Å². The number of nitrogens with one attached hydrogen (secondary N) is 1. The van der Waals surface area contributed by atoms with Gasteiger partial charge in [-0.05, 0) is 44.7 Å². The molecule has 0 aromatic heterocycles. The zero-order valence-electron chi connectivity index (χ0n) is 11.6. The lowest BCUT2D eigenvalue weighted by Crippen LogP contribution is -2.37. The maximum absolute atomic E-state index is 11.0. The van der Waals surface area contributed by atoms with Crippen LogP contribution in [0.25, 0.3) is 0 Å². The monoisotopic (exact) mass is 261 g/mol. The maximum atomic E-state index is 11.0. The van der Waals surface area contributed by atoms with Gasteiger partial charge in [0.25, 0.3) is 0 Å². The van der Waals surface area contributed by atoms with E-state index in [1.807, 2.05) is 0 Å². The summed E-state index contributed by atoms with van der Waals surface area (Å²) in [5.41, 5.74) is 2.64. The molecular formula is C16H23NO2. The number of benzene rings is 1. The molecule has 1 aromatic carbocycles. The molecule has 2 N–H and O–H groups in total. The third kappa shape index (κ3) is 4.35. The SMILES string of the molecule is Cc1cccc(CCNC2CCCC(C(=O)O)C2)c1. The lowest BCUT2D eigenvalue weighted by Gasteiger charge is -2.27. The van der Waals surface area contributed by atoms with Crippen molar-refractivity contribution in [2.75, 3.05) is 6.54 Å². The Morgan fingerprint density at radius 2 is 2.26 bits per heavy atom. The van der Waals surface area contributed by atoms with E-state index in [1.165, 1.54) is 11.1 Å². The van der Waals surface area contributed by atoms with Gasteiger partial charge in [0.05, 0.1) is 5.92 Å². The molecule has 0 bridgehead atoms. The van der Waals surface area contributed by atoms with E-state index in [4.69, 9.17) is 5.11 Å². The summed E-state index contributed by atoms with van der Waals surface area (Å²) in [5, 5.41) is 12.6. The highest BCUT2D eigenvalue weighted by molar-refractivity contribution is 5.70. The molecule has 0 spiro atoms.